The fraction of sp³-hybridized carbons (Fsp3) is 0.938. The van der Waals surface area contributed by atoms with Crippen molar-refractivity contribution in [1.29, 1.82) is 5.26 Å². The second-order valence-electron chi connectivity index (χ2n) is 7.42. The molecule has 3 rings (SSSR count). The van der Waals surface area contributed by atoms with Crippen LogP contribution in [0.5, 0.6) is 0 Å². The fourth-order valence-corrected chi connectivity index (χ4v) is 4.61. The van der Waals surface area contributed by atoms with Gasteiger partial charge >= 0.3 is 0 Å². The molecule has 3 saturated carbocycles. The van der Waals surface area contributed by atoms with E-state index in [1.807, 2.05) is 13.8 Å². The van der Waals surface area contributed by atoms with Crippen LogP contribution in [0.1, 0.15) is 52.4 Å². The van der Waals surface area contributed by atoms with Crippen LogP contribution in [0.25, 0.3) is 0 Å². The van der Waals surface area contributed by atoms with Crippen molar-refractivity contribution in [1.82, 2.24) is 5.32 Å². The number of hydrogen-bond acceptors (Lipinski definition) is 2. The number of fused-ring (bicyclic) bond motifs is 5. The summed E-state index contributed by atoms with van der Waals surface area (Å²) in [6, 6.07) is 3.26. The molecule has 0 aromatic carbocycles. The first-order valence-corrected chi connectivity index (χ1v) is 7.77. The largest absolute Gasteiger partial charge is 0.313 e. The third-order valence-electron chi connectivity index (χ3n) is 5.65. The van der Waals surface area contributed by atoms with Crippen molar-refractivity contribution in [2.75, 3.05) is 6.54 Å². The Balaban J connectivity index is 1.30. The molecular formula is C16H26N2. The Hall–Kier alpha value is -0.550. The number of nitriles is 1. The van der Waals surface area contributed by atoms with Gasteiger partial charge in [0.05, 0.1) is 11.5 Å². The van der Waals surface area contributed by atoms with E-state index >= 15 is 0 Å². The molecule has 3 aliphatic rings. The van der Waals surface area contributed by atoms with Crippen LogP contribution in [-0.2, 0) is 0 Å². The van der Waals surface area contributed by atoms with Crippen molar-refractivity contribution in [2.45, 2.75) is 58.4 Å². The molecular weight excluding hydrogens is 220 g/mol. The van der Waals surface area contributed by atoms with Gasteiger partial charge in [-0.05, 0) is 76.2 Å². The average molecular weight is 246 g/mol. The van der Waals surface area contributed by atoms with Crippen molar-refractivity contribution in [3.8, 4) is 6.07 Å². The summed E-state index contributed by atoms with van der Waals surface area (Å²) in [5.74, 6) is 4.27. The molecule has 4 atom stereocenters. The molecule has 2 heteroatoms. The lowest BCUT2D eigenvalue weighted by Gasteiger charge is -2.15. The minimum atomic E-state index is -0.130. The molecule has 2 bridgehead atoms. The first-order chi connectivity index (χ1) is 8.62. The maximum Gasteiger partial charge on any atom is 0.0683 e. The van der Waals surface area contributed by atoms with E-state index in [1.54, 1.807) is 6.42 Å². The van der Waals surface area contributed by atoms with E-state index in [0.717, 1.165) is 36.1 Å². The zero-order valence-electron chi connectivity index (χ0n) is 11.8. The predicted octanol–water partition coefficient (Wildman–Crippen LogP) is 3.34. The Morgan fingerprint density at radius 3 is 2.44 bits per heavy atom. The van der Waals surface area contributed by atoms with Gasteiger partial charge in [-0.15, -0.1) is 0 Å². The molecule has 0 spiro atoms. The zero-order valence-corrected chi connectivity index (χ0v) is 11.8. The van der Waals surface area contributed by atoms with Crippen LogP contribution >= 0.6 is 0 Å². The number of nitrogens with zero attached hydrogens (tertiary/aromatic N) is 1. The van der Waals surface area contributed by atoms with E-state index in [9.17, 15) is 0 Å². The van der Waals surface area contributed by atoms with Crippen molar-refractivity contribution in [2.24, 2.45) is 29.1 Å². The van der Waals surface area contributed by atoms with E-state index in [4.69, 9.17) is 5.26 Å². The van der Waals surface area contributed by atoms with E-state index < -0.39 is 0 Å². The predicted molar refractivity (Wildman–Crippen MR) is 72.8 cm³/mol. The van der Waals surface area contributed by atoms with E-state index in [1.165, 1.54) is 32.2 Å². The summed E-state index contributed by atoms with van der Waals surface area (Å²) in [6.07, 6.45) is 8.03. The number of nitrogens with one attached hydrogen (secondary N) is 1. The smallest absolute Gasteiger partial charge is 0.0683 e. The fourth-order valence-electron chi connectivity index (χ4n) is 4.61. The highest BCUT2D eigenvalue weighted by atomic mass is 15.0. The van der Waals surface area contributed by atoms with Gasteiger partial charge in [0.15, 0.2) is 0 Å². The Labute approximate surface area is 111 Å². The van der Waals surface area contributed by atoms with Gasteiger partial charge in [0, 0.05) is 6.04 Å². The normalized spacial score (nSPS) is 40.6. The lowest BCUT2D eigenvalue weighted by atomic mass is 9.89. The Morgan fingerprint density at radius 2 is 1.83 bits per heavy atom. The van der Waals surface area contributed by atoms with Crippen LogP contribution in [-0.4, -0.2) is 12.6 Å². The molecule has 0 aromatic rings. The Kier molecular flexibility index (Phi) is 3.14. The van der Waals surface area contributed by atoms with Crippen LogP contribution in [0, 0.1) is 40.4 Å². The van der Waals surface area contributed by atoms with Crippen molar-refractivity contribution >= 4 is 0 Å². The van der Waals surface area contributed by atoms with Gasteiger partial charge in [-0.25, -0.2) is 0 Å². The number of rotatable bonds is 6. The molecule has 3 aliphatic carbocycles. The summed E-state index contributed by atoms with van der Waals surface area (Å²) in [6.45, 7) is 5.26. The molecule has 0 saturated heterocycles. The van der Waals surface area contributed by atoms with E-state index in [2.05, 4.69) is 11.4 Å². The molecule has 0 aromatic heterocycles. The second-order valence-corrected chi connectivity index (χ2v) is 7.42. The van der Waals surface area contributed by atoms with E-state index in [0.29, 0.717) is 0 Å². The lowest BCUT2D eigenvalue weighted by molar-refractivity contribution is 0.412. The number of unbranched alkanes of at least 4 members (excludes halogenated alkanes) is 1. The van der Waals surface area contributed by atoms with E-state index in [-0.39, 0.29) is 5.41 Å². The molecule has 18 heavy (non-hydrogen) atoms. The molecule has 0 radical (unpaired) electrons. The van der Waals surface area contributed by atoms with Gasteiger partial charge in [0.1, 0.15) is 0 Å². The molecule has 3 fully saturated rings. The molecule has 0 aliphatic heterocycles. The summed E-state index contributed by atoms with van der Waals surface area (Å²) in [5, 5.41) is 12.7. The minimum absolute atomic E-state index is 0.130. The highest BCUT2D eigenvalue weighted by Crippen LogP contribution is 2.65. The lowest BCUT2D eigenvalue weighted by Crippen LogP contribution is -2.24. The van der Waals surface area contributed by atoms with Crippen molar-refractivity contribution in [3.05, 3.63) is 0 Å². The first kappa shape index (κ1) is 12.5. The van der Waals surface area contributed by atoms with Gasteiger partial charge in [0.2, 0.25) is 0 Å². The second kappa shape index (κ2) is 4.53. The van der Waals surface area contributed by atoms with Crippen LogP contribution in [0.3, 0.4) is 0 Å². The maximum atomic E-state index is 8.96. The summed E-state index contributed by atoms with van der Waals surface area (Å²) >= 11 is 0. The molecule has 4 unspecified atom stereocenters. The Bertz CT molecular complexity index is 339. The number of hydrogen-bond donors (Lipinski definition) is 1. The highest BCUT2D eigenvalue weighted by molar-refractivity contribution is 5.16. The SMILES string of the molecule is CC(C)(C#N)CCCCNC1C2C3CCC(C3)C12. The van der Waals surface area contributed by atoms with Gasteiger partial charge in [0.25, 0.3) is 0 Å². The summed E-state index contributed by atoms with van der Waals surface area (Å²) < 4.78 is 0. The standard InChI is InChI=1S/C16H26N2/c1-16(2,10-17)7-3-4-8-18-15-13-11-5-6-12(9-11)14(13)15/h11-15,18H,3-9H2,1-2H3. The highest BCUT2D eigenvalue weighted by Gasteiger charge is 2.64. The third-order valence-corrected chi connectivity index (χ3v) is 5.65. The summed E-state index contributed by atoms with van der Waals surface area (Å²) in [7, 11) is 0. The zero-order chi connectivity index (χ0) is 12.8. The monoisotopic (exact) mass is 246 g/mol. The summed E-state index contributed by atoms with van der Waals surface area (Å²) in [5.41, 5.74) is -0.130. The minimum Gasteiger partial charge on any atom is -0.313 e. The molecule has 0 amide bonds. The van der Waals surface area contributed by atoms with Gasteiger partial charge < -0.3 is 5.32 Å². The van der Waals surface area contributed by atoms with Crippen LogP contribution in [0.15, 0.2) is 0 Å². The topological polar surface area (TPSA) is 35.8 Å². The van der Waals surface area contributed by atoms with Gasteiger partial charge in [-0.3, -0.25) is 0 Å². The summed E-state index contributed by atoms with van der Waals surface area (Å²) in [4.78, 5) is 0. The van der Waals surface area contributed by atoms with Crippen molar-refractivity contribution in [3.63, 3.8) is 0 Å². The van der Waals surface area contributed by atoms with Crippen LogP contribution in [0.2, 0.25) is 0 Å². The first-order valence-electron chi connectivity index (χ1n) is 7.77. The maximum absolute atomic E-state index is 8.96. The van der Waals surface area contributed by atoms with Gasteiger partial charge in [-0.1, -0.05) is 6.42 Å². The van der Waals surface area contributed by atoms with Gasteiger partial charge in [-0.2, -0.15) is 5.26 Å². The average Bonchev–Trinajstić information content (AvgIpc) is 2.75. The Morgan fingerprint density at radius 1 is 1.17 bits per heavy atom. The van der Waals surface area contributed by atoms with Crippen LogP contribution in [0.4, 0.5) is 0 Å². The molecule has 1 N–H and O–H groups in total. The quantitative estimate of drug-likeness (QED) is 0.730. The van der Waals surface area contributed by atoms with Crippen molar-refractivity contribution < 1.29 is 0 Å². The molecule has 0 heterocycles. The molecule has 100 valence electrons. The molecule has 2 nitrogen and oxygen atoms in total. The third kappa shape index (κ3) is 2.18. The van der Waals surface area contributed by atoms with Crippen LogP contribution < -0.4 is 5.32 Å².